The Morgan fingerprint density at radius 1 is 1.19 bits per heavy atom. The second kappa shape index (κ2) is 10.0. The average Bonchev–Trinajstić information content (AvgIpc) is 3.06. The van der Waals surface area contributed by atoms with E-state index in [4.69, 9.17) is 4.74 Å². The molecule has 0 saturated carbocycles. The highest BCUT2D eigenvalue weighted by atomic mass is 19.1. The van der Waals surface area contributed by atoms with Gasteiger partial charge in [0.15, 0.2) is 5.82 Å². The zero-order valence-corrected chi connectivity index (χ0v) is 15.9. The van der Waals surface area contributed by atoms with Gasteiger partial charge < -0.3 is 4.74 Å². The van der Waals surface area contributed by atoms with E-state index in [0.29, 0.717) is 13.0 Å². The summed E-state index contributed by atoms with van der Waals surface area (Å²) in [5.41, 5.74) is 0.254. The Kier molecular flexibility index (Phi) is 7.75. The van der Waals surface area contributed by atoms with Crippen molar-refractivity contribution < 1.29 is 13.9 Å². The minimum absolute atomic E-state index is 0.121. The maximum absolute atomic E-state index is 14.3. The average molecular weight is 361 g/mol. The maximum Gasteiger partial charge on any atom is 0.336 e. The van der Waals surface area contributed by atoms with Crippen LogP contribution >= 0.6 is 0 Å². The minimum Gasteiger partial charge on any atom is -0.462 e. The van der Waals surface area contributed by atoms with Crippen LogP contribution in [0.3, 0.4) is 0 Å². The van der Waals surface area contributed by atoms with Crippen LogP contribution in [-0.4, -0.2) is 27.3 Å². The highest BCUT2D eigenvalue weighted by molar-refractivity contribution is 5.84. The van der Waals surface area contributed by atoms with Crippen molar-refractivity contribution in [2.24, 2.45) is 5.92 Å². The first-order chi connectivity index (χ1) is 12.6. The van der Waals surface area contributed by atoms with Crippen molar-refractivity contribution >= 4 is 5.91 Å². The van der Waals surface area contributed by atoms with Crippen LogP contribution in [0.4, 0.5) is 4.39 Å². The highest BCUT2D eigenvalue weighted by Crippen LogP contribution is 2.25. The molecule has 0 amide bonds. The van der Waals surface area contributed by atoms with Crippen molar-refractivity contribution in [2.75, 3.05) is 6.61 Å². The fourth-order valence-electron chi connectivity index (χ4n) is 2.76. The smallest absolute Gasteiger partial charge is 0.336 e. The molecule has 2 aromatic rings. The molecule has 0 aliphatic heterocycles. The first kappa shape index (κ1) is 20.1. The molecular formula is C20H28FN3O2. The van der Waals surface area contributed by atoms with Crippen molar-refractivity contribution in [3.8, 4) is 17.4 Å². The van der Waals surface area contributed by atoms with Gasteiger partial charge in [0.1, 0.15) is 5.82 Å². The first-order valence-corrected chi connectivity index (χ1v) is 9.51. The molecule has 0 bridgehead atoms. The summed E-state index contributed by atoms with van der Waals surface area (Å²) >= 11 is 0. The Hall–Kier alpha value is -2.24. The molecule has 0 N–H and O–H groups in total. The van der Waals surface area contributed by atoms with Crippen LogP contribution in [0.1, 0.15) is 64.1 Å². The summed E-state index contributed by atoms with van der Waals surface area (Å²) in [6, 6.07) is 6.40. The van der Waals surface area contributed by atoms with Gasteiger partial charge in [-0.05, 0) is 31.4 Å². The number of unbranched alkanes of at least 4 members (excludes halogenated alkanes) is 2. The van der Waals surface area contributed by atoms with Crippen molar-refractivity contribution in [1.29, 1.82) is 0 Å². The van der Waals surface area contributed by atoms with Crippen molar-refractivity contribution in [3.63, 3.8) is 0 Å². The van der Waals surface area contributed by atoms with Gasteiger partial charge in [0.05, 0.1) is 12.2 Å². The molecule has 0 fully saturated rings. The second-order valence-corrected chi connectivity index (χ2v) is 6.40. The second-order valence-electron chi connectivity index (χ2n) is 6.40. The van der Waals surface area contributed by atoms with Crippen LogP contribution in [0.15, 0.2) is 24.3 Å². The van der Waals surface area contributed by atoms with Crippen LogP contribution in [0, 0.1) is 11.7 Å². The number of carbonyl (C=O) groups excluding carboxylic acids is 1. The number of rotatable bonds is 10. The first-order valence-electron chi connectivity index (χ1n) is 9.51. The third-order valence-corrected chi connectivity index (χ3v) is 4.39. The maximum atomic E-state index is 14.3. The van der Waals surface area contributed by atoms with E-state index in [0.717, 1.165) is 32.1 Å². The van der Waals surface area contributed by atoms with Gasteiger partial charge in [-0.1, -0.05) is 52.2 Å². The lowest BCUT2D eigenvalue weighted by Crippen LogP contribution is -2.23. The number of ether oxygens (including phenoxy) is 1. The Bertz CT molecular complexity index is 715. The quantitative estimate of drug-likeness (QED) is 0.551. The number of carbonyl (C=O) groups is 1. The number of hydrogen-bond donors (Lipinski definition) is 0. The third-order valence-electron chi connectivity index (χ3n) is 4.39. The normalized spacial score (nSPS) is 12.2. The van der Waals surface area contributed by atoms with Crippen molar-refractivity contribution in [1.82, 2.24) is 14.8 Å². The lowest BCUT2D eigenvalue weighted by atomic mass is 9.98. The summed E-state index contributed by atoms with van der Waals surface area (Å²) in [6.45, 7) is 6.61. The molecule has 0 saturated heterocycles. The van der Waals surface area contributed by atoms with Gasteiger partial charge in [-0.3, -0.25) is 4.79 Å². The zero-order chi connectivity index (χ0) is 18.9. The lowest BCUT2D eigenvalue weighted by Gasteiger charge is -2.14. The van der Waals surface area contributed by atoms with Crippen molar-refractivity contribution in [2.45, 2.75) is 59.3 Å². The van der Waals surface area contributed by atoms with Crippen LogP contribution in [0.25, 0.3) is 11.4 Å². The number of benzene rings is 1. The summed E-state index contributed by atoms with van der Waals surface area (Å²) in [6.07, 6.45) is 5.33. The predicted molar refractivity (Wildman–Crippen MR) is 99.8 cm³/mol. The molecule has 0 aliphatic rings. The summed E-state index contributed by atoms with van der Waals surface area (Å²) < 4.78 is 21.1. The Balaban J connectivity index is 2.38. The topological polar surface area (TPSA) is 57.0 Å². The van der Waals surface area contributed by atoms with Gasteiger partial charge in [0.25, 0.3) is 5.91 Å². The number of hydrogen-bond acceptors (Lipinski definition) is 4. The Labute approximate surface area is 154 Å². The molecule has 1 heterocycles. The van der Waals surface area contributed by atoms with Crippen molar-refractivity contribution in [3.05, 3.63) is 30.1 Å². The fourth-order valence-corrected chi connectivity index (χ4v) is 2.76. The molecular weight excluding hydrogens is 333 g/mol. The van der Waals surface area contributed by atoms with Crippen LogP contribution in [0.5, 0.6) is 6.01 Å². The predicted octanol–water partition coefficient (Wildman–Crippen LogP) is 5.12. The summed E-state index contributed by atoms with van der Waals surface area (Å²) in [4.78, 5) is 17.3. The van der Waals surface area contributed by atoms with E-state index in [2.05, 4.69) is 23.9 Å². The van der Waals surface area contributed by atoms with E-state index in [1.807, 2.05) is 6.92 Å². The monoisotopic (exact) mass is 361 g/mol. The van der Waals surface area contributed by atoms with E-state index in [1.54, 1.807) is 18.2 Å². The fraction of sp³-hybridized carbons (Fsp3) is 0.550. The largest absolute Gasteiger partial charge is 0.462 e. The van der Waals surface area contributed by atoms with Crippen LogP contribution in [0.2, 0.25) is 0 Å². The minimum atomic E-state index is -0.435. The molecule has 1 unspecified atom stereocenters. The van der Waals surface area contributed by atoms with Crippen LogP contribution < -0.4 is 4.74 Å². The molecule has 6 heteroatoms. The molecule has 1 aromatic carbocycles. The molecule has 0 aliphatic carbocycles. The third kappa shape index (κ3) is 4.90. The van der Waals surface area contributed by atoms with Gasteiger partial charge in [-0.2, -0.15) is 9.67 Å². The standard InChI is InChI=1S/C20H28FN3O2/c1-4-7-11-15(6-3)19(25)24-18(16-12-9-10-13-17(16)21)22-20(23-24)26-14-8-5-2/h9-10,12-13,15H,4-8,11,14H2,1-3H3. The molecule has 2 rings (SSSR count). The zero-order valence-electron chi connectivity index (χ0n) is 15.9. The number of halogens is 1. The van der Waals surface area contributed by atoms with E-state index in [1.165, 1.54) is 10.7 Å². The van der Waals surface area contributed by atoms with Gasteiger partial charge >= 0.3 is 6.01 Å². The molecule has 1 aromatic heterocycles. The van der Waals surface area contributed by atoms with Crippen LogP contribution in [-0.2, 0) is 0 Å². The summed E-state index contributed by atoms with van der Waals surface area (Å²) in [5, 5.41) is 4.24. The van der Waals surface area contributed by atoms with E-state index >= 15 is 0 Å². The SMILES string of the molecule is CCCCOc1nc(-c2ccccc2F)n(C(=O)C(CC)CCCC)n1. The number of aromatic nitrogens is 3. The van der Waals surface area contributed by atoms with Gasteiger partial charge in [0, 0.05) is 5.92 Å². The van der Waals surface area contributed by atoms with Gasteiger partial charge in [0.2, 0.25) is 0 Å². The van der Waals surface area contributed by atoms with E-state index < -0.39 is 5.82 Å². The van der Waals surface area contributed by atoms with E-state index in [-0.39, 0.29) is 29.2 Å². The number of nitrogens with zero attached hydrogens (tertiary/aromatic N) is 3. The Morgan fingerprint density at radius 2 is 1.92 bits per heavy atom. The van der Waals surface area contributed by atoms with Gasteiger partial charge in [-0.15, -0.1) is 5.10 Å². The molecule has 0 radical (unpaired) electrons. The highest BCUT2D eigenvalue weighted by Gasteiger charge is 2.25. The molecule has 0 spiro atoms. The lowest BCUT2D eigenvalue weighted by molar-refractivity contribution is 0.0804. The molecule has 1 atom stereocenters. The molecule has 142 valence electrons. The summed E-state index contributed by atoms with van der Waals surface area (Å²) in [7, 11) is 0. The Morgan fingerprint density at radius 3 is 2.58 bits per heavy atom. The molecule has 5 nitrogen and oxygen atoms in total. The molecule has 26 heavy (non-hydrogen) atoms. The van der Waals surface area contributed by atoms with Gasteiger partial charge in [-0.25, -0.2) is 4.39 Å². The summed E-state index contributed by atoms with van der Waals surface area (Å²) in [5.74, 6) is -0.548. The van der Waals surface area contributed by atoms with E-state index in [9.17, 15) is 9.18 Å².